The minimum absolute atomic E-state index is 0. The summed E-state index contributed by atoms with van der Waals surface area (Å²) in [6, 6.07) is 5.21. The molecule has 1 aliphatic heterocycles. The first-order chi connectivity index (χ1) is 9.73. The van der Waals surface area contributed by atoms with Crippen molar-refractivity contribution >= 4 is 32.5 Å². The molecule has 1 unspecified atom stereocenters. The molecule has 1 fully saturated rings. The first-order valence-corrected chi connectivity index (χ1v) is 9.41. The number of benzene rings is 1. The fourth-order valence-corrected chi connectivity index (χ4v) is 4.39. The van der Waals surface area contributed by atoms with Crippen LogP contribution in [0.3, 0.4) is 0 Å². The number of nitrogens with one attached hydrogen (secondary N) is 2. The lowest BCUT2D eigenvalue weighted by Gasteiger charge is -2.14. The van der Waals surface area contributed by atoms with Crippen LogP contribution < -0.4 is 10.0 Å². The zero-order valence-corrected chi connectivity index (χ0v) is 14.8. The van der Waals surface area contributed by atoms with E-state index in [0.29, 0.717) is 6.54 Å². The summed E-state index contributed by atoms with van der Waals surface area (Å²) in [5, 5.41) is 3.07. The van der Waals surface area contributed by atoms with Crippen molar-refractivity contribution in [3.05, 3.63) is 24.3 Å². The van der Waals surface area contributed by atoms with Gasteiger partial charge in [-0.1, -0.05) is 6.07 Å². The number of halogens is 1. The fraction of sp³-hybridized carbons (Fsp3) is 0.500. The van der Waals surface area contributed by atoms with Crippen LogP contribution in [0.4, 0.5) is 0 Å². The van der Waals surface area contributed by atoms with Crippen LogP contribution >= 0.6 is 12.4 Å². The highest BCUT2D eigenvalue weighted by Crippen LogP contribution is 2.18. The second-order valence-corrected chi connectivity index (χ2v) is 8.94. The average molecular weight is 370 g/mol. The third kappa shape index (κ3) is 4.18. The van der Waals surface area contributed by atoms with Crippen molar-refractivity contribution in [3.8, 4) is 0 Å². The predicted octanol–water partition coefficient (Wildman–Crippen LogP) is -0.00110. The van der Waals surface area contributed by atoms with Gasteiger partial charge in [-0.2, -0.15) is 0 Å². The normalized spacial score (nSPS) is 19.1. The lowest BCUT2D eigenvalue weighted by molar-refractivity contribution is 0.520. The highest BCUT2D eigenvalue weighted by molar-refractivity contribution is 7.90. The van der Waals surface area contributed by atoms with E-state index in [9.17, 15) is 16.8 Å². The Labute approximate surface area is 137 Å². The Bertz CT molecular complexity index is 714. The van der Waals surface area contributed by atoms with E-state index >= 15 is 0 Å². The van der Waals surface area contributed by atoms with Crippen molar-refractivity contribution in [2.45, 2.75) is 22.3 Å². The summed E-state index contributed by atoms with van der Waals surface area (Å²) in [4.78, 5) is -0.0859. The van der Waals surface area contributed by atoms with Gasteiger partial charge in [-0.3, -0.25) is 0 Å². The molecule has 0 saturated carbocycles. The van der Waals surface area contributed by atoms with Crippen LogP contribution in [0.25, 0.3) is 0 Å². The molecule has 2 N–H and O–H groups in total. The van der Waals surface area contributed by atoms with Crippen LogP contribution in [0.2, 0.25) is 0 Å². The molecule has 10 heteroatoms. The van der Waals surface area contributed by atoms with E-state index in [1.54, 1.807) is 0 Å². The lowest BCUT2D eigenvalue weighted by atomic mass is 10.3. The maximum absolute atomic E-state index is 12.3. The van der Waals surface area contributed by atoms with E-state index < -0.39 is 20.0 Å². The summed E-state index contributed by atoms with van der Waals surface area (Å²) in [6.07, 6.45) is 0.717. The van der Waals surface area contributed by atoms with Crippen molar-refractivity contribution in [3.63, 3.8) is 0 Å². The van der Waals surface area contributed by atoms with Gasteiger partial charge >= 0.3 is 0 Å². The quantitative estimate of drug-likeness (QED) is 0.761. The molecule has 7 nitrogen and oxygen atoms in total. The van der Waals surface area contributed by atoms with E-state index in [4.69, 9.17) is 0 Å². The average Bonchev–Trinajstić information content (AvgIpc) is 2.91. The number of nitrogens with zero attached hydrogens (tertiary/aromatic N) is 1. The molecule has 0 amide bonds. The summed E-state index contributed by atoms with van der Waals surface area (Å²) >= 11 is 0. The smallest absolute Gasteiger partial charge is 0.242 e. The Hall–Kier alpha value is -0.710. The van der Waals surface area contributed by atoms with Crippen molar-refractivity contribution in [1.82, 2.24) is 14.3 Å². The summed E-state index contributed by atoms with van der Waals surface area (Å²) in [7, 11) is -4.58. The number of hydrogen-bond acceptors (Lipinski definition) is 5. The zero-order valence-electron chi connectivity index (χ0n) is 12.3. The second kappa shape index (κ2) is 7.24. The Morgan fingerprint density at radius 2 is 1.82 bits per heavy atom. The summed E-state index contributed by atoms with van der Waals surface area (Å²) < 4.78 is 52.3. The van der Waals surface area contributed by atoms with Crippen molar-refractivity contribution in [2.75, 3.05) is 27.2 Å². The third-order valence-corrected chi connectivity index (χ3v) is 6.61. The Kier molecular flexibility index (Phi) is 6.36. The summed E-state index contributed by atoms with van der Waals surface area (Å²) in [5.41, 5.74) is 0. The number of sulfonamides is 2. The van der Waals surface area contributed by atoms with Gasteiger partial charge in [0.1, 0.15) is 0 Å². The minimum Gasteiger partial charge on any atom is -0.315 e. The zero-order chi connectivity index (χ0) is 15.7. The largest absolute Gasteiger partial charge is 0.315 e. The molecule has 1 saturated heterocycles. The molecular weight excluding hydrogens is 350 g/mol. The van der Waals surface area contributed by atoms with Gasteiger partial charge in [-0.25, -0.2) is 25.9 Å². The number of rotatable bonds is 5. The van der Waals surface area contributed by atoms with Crippen molar-refractivity contribution < 1.29 is 16.8 Å². The SMILES string of the molecule is CN(C)S(=O)(=O)c1cccc(S(=O)(=O)NC2CCNC2)c1.Cl. The van der Waals surface area contributed by atoms with E-state index in [1.807, 2.05) is 0 Å². The topological polar surface area (TPSA) is 95.6 Å². The Balaban J connectivity index is 0.00000242. The Morgan fingerprint density at radius 3 is 2.36 bits per heavy atom. The van der Waals surface area contributed by atoms with Crippen LogP contribution in [-0.2, 0) is 20.0 Å². The Morgan fingerprint density at radius 1 is 1.18 bits per heavy atom. The van der Waals surface area contributed by atoms with Gasteiger partial charge in [0.15, 0.2) is 0 Å². The maximum atomic E-state index is 12.3. The molecule has 1 heterocycles. The molecular formula is C12H20ClN3O4S2. The van der Waals surface area contributed by atoms with Crippen molar-refractivity contribution in [2.24, 2.45) is 0 Å². The van der Waals surface area contributed by atoms with Gasteiger partial charge in [0, 0.05) is 26.7 Å². The third-order valence-electron chi connectivity index (χ3n) is 3.28. The van der Waals surface area contributed by atoms with Crippen LogP contribution in [0, 0.1) is 0 Å². The molecule has 1 aliphatic rings. The van der Waals surface area contributed by atoms with Crippen LogP contribution in [-0.4, -0.2) is 54.4 Å². The van der Waals surface area contributed by atoms with Gasteiger partial charge in [-0.05, 0) is 31.2 Å². The van der Waals surface area contributed by atoms with Gasteiger partial charge in [-0.15, -0.1) is 12.4 Å². The molecule has 0 spiro atoms. The molecule has 1 aromatic rings. The molecule has 0 radical (unpaired) electrons. The monoisotopic (exact) mass is 369 g/mol. The van der Waals surface area contributed by atoms with Gasteiger partial charge < -0.3 is 5.32 Å². The van der Waals surface area contributed by atoms with E-state index in [0.717, 1.165) is 17.3 Å². The highest BCUT2D eigenvalue weighted by atomic mass is 35.5. The lowest BCUT2D eigenvalue weighted by Crippen LogP contribution is -2.36. The maximum Gasteiger partial charge on any atom is 0.242 e. The highest BCUT2D eigenvalue weighted by Gasteiger charge is 2.25. The van der Waals surface area contributed by atoms with Crippen LogP contribution in [0.5, 0.6) is 0 Å². The minimum atomic E-state index is -3.73. The first kappa shape index (κ1) is 19.3. The van der Waals surface area contributed by atoms with E-state index in [1.165, 1.54) is 38.4 Å². The molecule has 0 aromatic heterocycles. The van der Waals surface area contributed by atoms with Gasteiger partial charge in [0.2, 0.25) is 20.0 Å². The van der Waals surface area contributed by atoms with Gasteiger partial charge in [0.25, 0.3) is 0 Å². The fourth-order valence-electron chi connectivity index (χ4n) is 2.06. The molecule has 0 aliphatic carbocycles. The van der Waals surface area contributed by atoms with Crippen LogP contribution in [0.15, 0.2) is 34.1 Å². The molecule has 1 aromatic carbocycles. The molecule has 22 heavy (non-hydrogen) atoms. The van der Waals surface area contributed by atoms with E-state index in [-0.39, 0.29) is 28.2 Å². The summed E-state index contributed by atoms with van der Waals surface area (Å²) in [5.74, 6) is 0. The van der Waals surface area contributed by atoms with Crippen molar-refractivity contribution in [1.29, 1.82) is 0 Å². The molecule has 1 atom stereocenters. The van der Waals surface area contributed by atoms with E-state index in [2.05, 4.69) is 10.0 Å². The standard InChI is InChI=1S/C12H19N3O4S2.ClH/c1-15(2)21(18,19)12-5-3-4-11(8-12)20(16,17)14-10-6-7-13-9-10;/h3-5,8,10,13-14H,6-7,9H2,1-2H3;1H. The summed E-state index contributed by atoms with van der Waals surface area (Å²) in [6.45, 7) is 1.34. The first-order valence-electron chi connectivity index (χ1n) is 6.49. The number of hydrogen-bond donors (Lipinski definition) is 2. The molecule has 0 bridgehead atoms. The second-order valence-electron chi connectivity index (χ2n) is 5.07. The van der Waals surface area contributed by atoms with Crippen LogP contribution in [0.1, 0.15) is 6.42 Å². The predicted molar refractivity (Wildman–Crippen MR) is 86.2 cm³/mol. The molecule has 126 valence electrons. The van der Waals surface area contributed by atoms with Gasteiger partial charge in [0.05, 0.1) is 9.79 Å². The molecule has 2 rings (SSSR count).